The molecule has 0 aromatic heterocycles. The normalized spacial score (nSPS) is 14.1. The number of nitrogens with two attached hydrogens (primary N) is 1. The fraction of sp³-hybridized carbons (Fsp3) is 0.500. The molecule has 0 bridgehead atoms. The van der Waals surface area contributed by atoms with Gasteiger partial charge in [-0.05, 0) is 63.8 Å². The summed E-state index contributed by atoms with van der Waals surface area (Å²) in [6, 6.07) is 0.757. The average Bonchev–Trinajstić information content (AvgIpc) is 2.44. The van der Waals surface area contributed by atoms with Crippen molar-refractivity contribution in [1.29, 1.82) is 0 Å². The van der Waals surface area contributed by atoms with Crippen LogP contribution in [0.15, 0.2) is 11.0 Å². The minimum Gasteiger partial charge on any atom is -0.451 e. The topological polar surface area (TPSA) is 116 Å². The van der Waals surface area contributed by atoms with Gasteiger partial charge in [0.15, 0.2) is 6.10 Å². The molecule has 2 atom stereocenters. The van der Waals surface area contributed by atoms with Gasteiger partial charge in [0.1, 0.15) is 6.04 Å². The van der Waals surface area contributed by atoms with E-state index in [1.54, 1.807) is 13.8 Å². The predicted octanol–water partition coefficient (Wildman–Crippen LogP) is 1.00. The van der Waals surface area contributed by atoms with E-state index in [9.17, 15) is 18.0 Å². The molecular weight excluding hydrogens is 332 g/mol. The van der Waals surface area contributed by atoms with Crippen molar-refractivity contribution < 1.29 is 22.7 Å². The number of amides is 1. The van der Waals surface area contributed by atoms with Crippen LogP contribution in [0.5, 0.6) is 0 Å². The smallest absolute Gasteiger partial charge is 0.324 e. The van der Waals surface area contributed by atoms with Crippen LogP contribution < -0.4 is 10.5 Å². The quantitative estimate of drug-likeness (QED) is 0.738. The largest absolute Gasteiger partial charge is 0.451 e. The molecule has 0 spiro atoms. The lowest BCUT2D eigenvalue weighted by Gasteiger charge is -2.19. The van der Waals surface area contributed by atoms with Crippen molar-refractivity contribution in [3.63, 3.8) is 0 Å². The molecule has 1 aromatic rings. The maximum Gasteiger partial charge on any atom is 0.324 e. The molecule has 8 heteroatoms. The van der Waals surface area contributed by atoms with Gasteiger partial charge in [0, 0.05) is 0 Å². The zero-order valence-electron chi connectivity index (χ0n) is 14.8. The minimum absolute atomic E-state index is 0.155. The third-order valence-corrected chi connectivity index (χ3v) is 5.76. The van der Waals surface area contributed by atoms with E-state index in [-0.39, 0.29) is 4.90 Å². The van der Waals surface area contributed by atoms with Gasteiger partial charge < -0.3 is 10.5 Å². The molecule has 1 rings (SSSR count). The van der Waals surface area contributed by atoms with Crippen LogP contribution in [0.1, 0.15) is 36.1 Å². The molecule has 7 nitrogen and oxygen atoms in total. The molecule has 134 valence electrons. The summed E-state index contributed by atoms with van der Waals surface area (Å²) in [6.45, 7) is 9.75. The standard InChI is InChI=1S/C16H24N2O5S/c1-8-7-9(2)11(4)14(10(8)3)24(21,22)18-12(5)16(20)23-13(6)15(17)19/h7,12-13,18H,1-6H3,(H2,17,19)/t12-,13?/m0/s1. The summed E-state index contributed by atoms with van der Waals surface area (Å²) in [7, 11) is -3.93. The molecule has 1 amide bonds. The lowest BCUT2D eigenvalue weighted by Crippen LogP contribution is -2.42. The second-order valence-corrected chi connectivity index (χ2v) is 7.56. The van der Waals surface area contributed by atoms with Gasteiger partial charge in [-0.2, -0.15) is 4.72 Å². The zero-order chi connectivity index (χ0) is 18.8. The summed E-state index contributed by atoms with van der Waals surface area (Å²) < 4.78 is 32.5. The number of aryl methyl sites for hydroxylation is 2. The number of hydrogen-bond acceptors (Lipinski definition) is 5. The number of carbonyl (C=O) groups is 2. The summed E-state index contributed by atoms with van der Waals surface area (Å²) in [6.07, 6.45) is -1.13. The highest BCUT2D eigenvalue weighted by molar-refractivity contribution is 7.89. The maximum absolute atomic E-state index is 12.7. The van der Waals surface area contributed by atoms with Crippen molar-refractivity contribution in [1.82, 2.24) is 4.72 Å². The highest BCUT2D eigenvalue weighted by Gasteiger charge is 2.28. The lowest BCUT2D eigenvalue weighted by atomic mass is 10.0. The molecule has 0 aliphatic rings. The Kier molecular flexibility index (Phi) is 6.13. The predicted molar refractivity (Wildman–Crippen MR) is 89.9 cm³/mol. The van der Waals surface area contributed by atoms with Gasteiger partial charge in [0.2, 0.25) is 10.0 Å². The first-order chi connectivity index (χ1) is 10.9. The number of hydrogen-bond donors (Lipinski definition) is 2. The monoisotopic (exact) mass is 356 g/mol. The van der Waals surface area contributed by atoms with E-state index in [1.165, 1.54) is 13.8 Å². The van der Waals surface area contributed by atoms with Crippen molar-refractivity contribution in [3.05, 3.63) is 28.3 Å². The number of ether oxygens (including phenoxy) is 1. The van der Waals surface area contributed by atoms with Crippen molar-refractivity contribution in [2.75, 3.05) is 0 Å². The molecule has 0 heterocycles. The van der Waals surface area contributed by atoms with Crippen molar-refractivity contribution >= 4 is 21.9 Å². The van der Waals surface area contributed by atoms with E-state index in [4.69, 9.17) is 10.5 Å². The van der Waals surface area contributed by atoms with Gasteiger partial charge >= 0.3 is 5.97 Å². The Balaban J connectivity index is 3.11. The van der Waals surface area contributed by atoms with Crippen LogP contribution in [-0.2, 0) is 24.3 Å². The molecule has 1 unspecified atom stereocenters. The van der Waals surface area contributed by atoms with Gasteiger partial charge in [-0.25, -0.2) is 8.42 Å². The first-order valence-corrected chi connectivity index (χ1v) is 8.96. The lowest BCUT2D eigenvalue weighted by molar-refractivity contribution is -0.155. The van der Waals surface area contributed by atoms with E-state index in [0.29, 0.717) is 11.1 Å². The Morgan fingerprint density at radius 3 is 1.96 bits per heavy atom. The Hall–Kier alpha value is -1.93. The number of esters is 1. The van der Waals surface area contributed by atoms with Crippen LogP contribution >= 0.6 is 0 Å². The molecule has 0 aliphatic heterocycles. The second kappa shape index (κ2) is 7.31. The Labute approximate surface area is 142 Å². The van der Waals surface area contributed by atoms with Crippen molar-refractivity contribution in [2.45, 2.75) is 58.6 Å². The van der Waals surface area contributed by atoms with Gasteiger partial charge in [0.25, 0.3) is 5.91 Å². The average molecular weight is 356 g/mol. The molecule has 1 aromatic carbocycles. The third-order valence-electron chi connectivity index (χ3n) is 3.95. The summed E-state index contributed by atoms with van der Waals surface area (Å²) in [5, 5.41) is 0. The minimum atomic E-state index is -3.93. The molecule has 24 heavy (non-hydrogen) atoms. The molecule has 0 fully saturated rings. The molecule has 0 saturated carbocycles. The SMILES string of the molecule is Cc1cc(C)c(C)c(S(=O)(=O)N[C@@H](C)C(=O)OC(C)C(N)=O)c1C. The Morgan fingerprint density at radius 1 is 1.08 bits per heavy atom. The first-order valence-electron chi connectivity index (χ1n) is 7.48. The van der Waals surface area contributed by atoms with E-state index in [1.807, 2.05) is 19.9 Å². The Morgan fingerprint density at radius 2 is 1.54 bits per heavy atom. The zero-order valence-corrected chi connectivity index (χ0v) is 15.6. The van der Waals surface area contributed by atoms with Gasteiger partial charge in [-0.1, -0.05) is 6.07 Å². The molecule has 0 saturated heterocycles. The van der Waals surface area contributed by atoms with Crippen LogP contribution in [0, 0.1) is 27.7 Å². The molecular formula is C16H24N2O5S. The molecule has 3 N–H and O–H groups in total. The van der Waals surface area contributed by atoms with Crippen LogP contribution in [0.4, 0.5) is 0 Å². The molecule has 0 radical (unpaired) electrons. The fourth-order valence-electron chi connectivity index (χ4n) is 2.26. The van der Waals surface area contributed by atoms with Gasteiger partial charge in [0.05, 0.1) is 4.90 Å². The van der Waals surface area contributed by atoms with Crippen LogP contribution in [0.2, 0.25) is 0 Å². The van der Waals surface area contributed by atoms with Crippen LogP contribution in [0.3, 0.4) is 0 Å². The number of nitrogens with one attached hydrogen (secondary N) is 1. The van der Waals surface area contributed by atoms with E-state index < -0.39 is 34.0 Å². The van der Waals surface area contributed by atoms with Crippen LogP contribution in [0.25, 0.3) is 0 Å². The Bertz CT molecular complexity index is 745. The second-order valence-electron chi connectivity index (χ2n) is 5.91. The van der Waals surface area contributed by atoms with E-state index >= 15 is 0 Å². The van der Waals surface area contributed by atoms with Crippen molar-refractivity contribution in [2.24, 2.45) is 5.73 Å². The highest BCUT2D eigenvalue weighted by atomic mass is 32.2. The van der Waals surface area contributed by atoms with Gasteiger partial charge in [-0.15, -0.1) is 0 Å². The highest BCUT2D eigenvalue weighted by Crippen LogP contribution is 2.26. The summed E-state index contributed by atoms with van der Waals surface area (Å²) in [5.41, 5.74) is 7.95. The van der Waals surface area contributed by atoms with E-state index in [2.05, 4.69) is 4.72 Å². The first kappa shape index (κ1) is 20.1. The fourth-order valence-corrected chi connectivity index (χ4v) is 4.07. The number of rotatable bonds is 6. The third kappa shape index (κ3) is 4.33. The summed E-state index contributed by atoms with van der Waals surface area (Å²) >= 11 is 0. The van der Waals surface area contributed by atoms with E-state index in [0.717, 1.165) is 11.1 Å². The number of benzene rings is 1. The summed E-state index contributed by atoms with van der Waals surface area (Å²) in [5.74, 6) is -1.68. The van der Waals surface area contributed by atoms with Crippen LogP contribution in [-0.4, -0.2) is 32.4 Å². The number of primary amides is 1. The maximum atomic E-state index is 12.7. The molecule has 0 aliphatic carbocycles. The summed E-state index contributed by atoms with van der Waals surface area (Å²) in [4.78, 5) is 23.0. The van der Waals surface area contributed by atoms with Crippen molar-refractivity contribution in [3.8, 4) is 0 Å². The number of sulfonamides is 1. The number of carbonyl (C=O) groups excluding carboxylic acids is 2. The van der Waals surface area contributed by atoms with Gasteiger partial charge in [-0.3, -0.25) is 9.59 Å².